The van der Waals surface area contributed by atoms with Gasteiger partial charge in [0.1, 0.15) is 10.4 Å². The standard InChI is InChI=1S/C46H56O10Si2/c1-7-57(8-2,9-3)45(55)42(52,38(48)34-27-19-14-20-28-34)41(51,37(47)33-25-17-13-18-26-33)43(53,39(49)35-29-21-15-22-30-35)46(56,58(10-4,11-5)12-6)44(45,54)40(50)36-31-23-16-24-32-36/h13-32,51-56H,7-12H2,1-6H3/t41?,42-,43-,44?,45-,46-/m0/s1. The van der Waals surface area contributed by atoms with E-state index in [1.165, 1.54) is 97.1 Å². The monoisotopic (exact) mass is 824 g/mol. The summed E-state index contributed by atoms with van der Waals surface area (Å²) in [6.07, 6.45) is 0. The number of carbonyl (C=O) groups is 4. The smallest absolute Gasteiger partial charge is 0.205 e. The molecule has 0 amide bonds. The number of aliphatic hydroxyl groups is 6. The van der Waals surface area contributed by atoms with Crippen molar-refractivity contribution in [3.05, 3.63) is 144 Å². The van der Waals surface area contributed by atoms with Gasteiger partial charge >= 0.3 is 0 Å². The highest BCUT2D eigenvalue weighted by atomic mass is 28.3. The second-order valence-corrected chi connectivity index (χ2v) is 26.5. The van der Waals surface area contributed by atoms with Gasteiger partial charge < -0.3 is 30.6 Å². The van der Waals surface area contributed by atoms with Gasteiger partial charge in [0.05, 0.1) is 16.1 Å². The van der Waals surface area contributed by atoms with Crippen molar-refractivity contribution in [2.24, 2.45) is 0 Å². The molecule has 12 heteroatoms. The Balaban J connectivity index is 2.28. The summed E-state index contributed by atoms with van der Waals surface area (Å²) >= 11 is 0. The van der Waals surface area contributed by atoms with Gasteiger partial charge in [-0.25, -0.2) is 0 Å². The molecule has 0 radical (unpaired) electrons. The first-order valence-corrected chi connectivity index (χ1v) is 25.4. The molecular formula is C46H56O10Si2. The molecule has 1 aliphatic carbocycles. The molecule has 0 spiro atoms. The number of ketones is 4. The van der Waals surface area contributed by atoms with E-state index in [9.17, 15) is 30.6 Å². The largest absolute Gasteiger partial charge is 0.386 e. The lowest BCUT2D eigenvalue weighted by Crippen LogP contribution is -3.06. The SMILES string of the molecule is CC[Si](CC)(CC)[C@]1(O)C(O)(C(=O)c2ccccc2)[C@@](O)([Si](CC)(CC)CC)[C@](O)(C(=O)c2ccccc2)C(O)(C(=O)c2ccccc2)[C@@]1(O)C(=O)c1ccccc1. The Morgan fingerprint density at radius 1 is 0.345 bits per heavy atom. The van der Waals surface area contributed by atoms with Crippen molar-refractivity contribution < 1.29 is 49.8 Å². The number of rotatable bonds is 16. The molecule has 1 fully saturated rings. The fraction of sp³-hybridized carbons (Fsp3) is 0.391. The number of benzene rings is 4. The average molecular weight is 825 g/mol. The predicted octanol–water partition coefficient (Wildman–Crippen LogP) is 6.01. The maximum absolute atomic E-state index is 15.9. The van der Waals surface area contributed by atoms with Gasteiger partial charge in [-0.1, -0.05) is 199 Å². The zero-order valence-electron chi connectivity index (χ0n) is 34.1. The Kier molecular flexibility index (Phi) is 12.4. The number of Topliss-reactive ketones (excluding diaryl/α,β-unsaturated/α-hetero) is 4. The van der Waals surface area contributed by atoms with E-state index in [1.54, 1.807) is 65.8 Å². The third kappa shape index (κ3) is 5.36. The van der Waals surface area contributed by atoms with Gasteiger partial charge in [-0.15, -0.1) is 0 Å². The van der Waals surface area contributed by atoms with E-state index in [2.05, 4.69) is 0 Å². The van der Waals surface area contributed by atoms with E-state index < -0.39 is 77.7 Å². The second kappa shape index (κ2) is 16.1. The first-order chi connectivity index (χ1) is 27.4. The summed E-state index contributed by atoms with van der Waals surface area (Å²) < 4.78 is 0. The molecule has 4 atom stereocenters. The third-order valence-corrected chi connectivity index (χ3v) is 26.8. The predicted molar refractivity (Wildman–Crippen MR) is 227 cm³/mol. The van der Waals surface area contributed by atoms with Gasteiger partial charge in [0, 0.05) is 22.3 Å². The quantitative estimate of drug-likeness (QED) is 0.0577. The number of carbonyl (C=O) groups excluding carboxylic acids is 4. The molecule has 308 valence electrons. The van der Waals surface area contributed by atoms with Crippen molar-refractivity contribution in [3.63, 3.8) is 0 Å². The Hall–Kier alpha value is -4.25. The zero-order chi connectivity index (χ0) is 43.0. The first kappa shape index (κ1) is 44.8. The number of hydrogen-bond acceptors (Lipinski definition) is 10. The minimum Gasteiger partial charge on any atom is -0.386 e. The van der Waals surface area contributed by atoms with Crippen LogP contribution >= 0.6 is 0 Å². The van der Waals surface area contributed by atoms with Crippen LogP contribution in [-0.4, -0.2) is 103 Å². The van der Waals surface area contributed by atoms with Gasteiger partial charge in [-0.2, -0.15) is 0 Å². The Labute approximate surface area is 342 Å². The lowest BCUT2D eigenvalue weighted by atomic mass is 9.48. The number of hydrogen-bond donors (Lipinski definition) is 6. The summed E-state index contributed by atoms with van der Waals surface area (Å²) in [5, 5.41) is 78.8. The normalized spacial score (nSPS) is 28.8. The van der Waals surface area contributed by atoms with Crippen LogP contribution < -0.4 is 0 Å². The highest BCUT2D eigenvalue weighted by molar-refractivity contribution is 6.86. The van der Waals surface area contributed by atoms with Crippen molar-refractivity contribution in [2.45, 2.75) is 111 Å². The van der Waals surface area contributed by atoms with E-state index in [0.717, 1.165) is 0 Å². The van der Waals surface area contributed by atoms with Crippen LogP contribution in [0.2, 0.25) is 36.3 Å². The van der Waals surface area contributed by atoms with Crippen LogP contribution in [0, 0.1) is 0 Å². The van der Waals surface area contributed by atoms with Crippen molar-refractivity contribution in [2.75, 3.05) is 0 Å². The van der Waals surface area contributed by atoms with Gasteiger partial charge in [0.2, 0.25) is 23.0 Å². The first-order valence-electron chi connectivity index (χ1n) is 20.2. The summed E-state index contributed by atoms with van der Waals surface area (Å²) in [6, 6.07) is 27.5. The van der Waals surface area contributed by atoms with Crippen molar-refractivity contribution in [3.8, 4) is 0 Å². The molecule has 4 aromatic rings. The molecule has 0 aliphatic heterocycles. The Morgan fingerprint density at radius 2 is 0.534 bits per heavy atom. The third-order valence-electron chi connectivity index (χ3n) is 14.2. The molecule has 0 unspecified atom stereocenters. The Morgan fingerprint density at radius 3 is 0.741 bits per heavy atom. The van der Waals surface area contributed by atoms with Crippen LogP contribution in [-0.2, 0) is 0 Å². The van der Waals surface area contributed by atoms with E-state index in [1.807, 2.05) is 0 Å². The summed E-state index contributed by atoms with van der Waals surface area (Å²) in [4.78, 5) is 63.4. The van der Waals surface area contributed by atoms with E-state index in [4.69, 9.17) is 0 Å². The van der Waals surface area contributed by atoms with E-state index in [0.29, 0.717) is 0 Å². The molecule has 6 N–H and O–H groups in total. The molecule has 10 nitrogen and oxygen atoms in total. The molecule has 4 aromatic carbocycles. The molecule has 5 rings (SSSR count). The van der Waals surface area contributed by atoms with Crippen molar-refractivity contribution in [1.29, 1.82) is 0 Å². The second-order valence-electron chi connectivity index (χ2n) is 15.7. The summed E-state index contributed by atoms with van der Waals surface area (Å²) in [5.41, 5.74) is -17.8. The zero-order valence-corrected chi connectivity index (χ0v) is 36.1. The van der Waals surface area contributed by atoms with Crippen LogP contribution in [0.4, 0.5) is 0 Å². The molecule has 1 saturated carbocycles. The fourth-order valence-electron chi connectivity index (χ4n) is 10.6. The summed E-state index contributed by atoms with van der Waals surface area (Å²) in [6.45, 7) is 9.89. The lowest BCUT2D eigenvalue weighted by Gasteiger charge is -2.75. The van der Waals surface area contributed by atoms with Crippen molar-refractivity contribution in [1.82, 2.24) is 0 Å². The van der Waals surface area contributed by atoms with Crippen LogP contribution in [0.25, 0.3) is 0 Å². The minimum atomic E-state index is -4.28. The summed E-state index contributed by atoms with van der Waals surface area (Å²) in [7, 11) is -8.56. The van der Waals surface area contributed by atoms with Gasteiger partial charge in [0.25, 0.3) is 0 Å². The summed E-state index contributed by atoms with van der Waals surface area (Å²) in [5.74, 6) is -6.08. The van der Waals surface area contributed by atoms with Crippen LogP contribution in [0.3, 0.4) is 0 Å². The van der Waals surface area contributed by atoms with E-state index >= 15 is 19.2 Å². The highest BCUT2D eigenvalue weighted by Crippen LogP contribution is 2.68. The molecule has 1 aliphatic rings. The molecular weight excluding hydrogens is 769 g/mol. The molecule has 0 aromatic heterocycles. The molecule has 0 bridgehead atoms. The fourth-order valence-corrected chi connectivity index (χ4v) is 21.1. The maximum Gasteiger partial charge on any atom is 0.205 e. The van der Waals surface area contributed by atoms with E-state index in [-0.39, 0.29) is 53.0 Å². The molecule has 0 heterocycles. The molecule has 0 saturated heterocycles. The van der Waals surface area contributed by atoms with Crippen LogP contribution in [0.15, 0.2) is 121 Å². The average Bonchev–Trinajstić information content (AvgIpc) is 3.28. The molecule has 58 heavy (non-hydrogen) atoms. The van der Waals surface area contributed by atoms with Crippen LogP contribution in [0.5, 0.6) is 0 Å². The van der Waals surface area contributed by atoms with Gasteiger partial charge in [0.15, 0.2) is 22.6 Å². The van der Waals surface area contributed by atoms with Crippen molar-refractivity contribution >= 4 is 39.3 Å². The van der Waals surface area contributed by atoms with Crippen LogP contribution in [0.1, 0.15) is 83.0 Å². The van der Waals surface area contributed by atoms with Gasteiger partial charge in [-0.05, 0) is 0 Å². The maximum atomic E-state index is 15.9. The Bertz CT molecular complexity index is 2010. The lowest BCUT2D eigenvalue weighted by molar-refractivity contribution is -0.347. The van der Waals surface area contributed by atoms with Gasteiger partial charge in [-0.3, -0.25) is 19.2 Å². The highest BCUT2D eigenvalue weighted by Gasteiger charge is 2.99. The topological polar surface area (TPSA) is 190 Å². The minimum absolute atomic E-state index is 0.0685.